The van der Waals surface area contributed by atoms with Crippen LogP contribution in [0.4, 0.5) is 8.78 Å². The van der Waals surface area contributed by atoms with Crippen LogP contribution in [0.15, 0.2) is 40.9 Å². The molecule has 0 aliphatic carbocycles. The van der Waals surface area contributed by atoms with E-state index in [4.69, 9.17) is 4.74 Å². The zero-order valence-corrected chi connectivity index (χ0v) is 10.6. The molecule has 2 rings (SSSR count). The van der Waals surface area contributed by atoms with Crippen LogP contribution in [-0.4, -0.2) is 6.29 Å². The van der Waals surface area contributed by atoms with Gasteiger partial charge in [0.05, 0.1) is 0 Å². The van der Waals surface area contributed by atoms with Gasteiger partial charge in [-0.15, -0.1) is 0 Å². The highest BCUT2D eigenvalue weighted by Crippen LogP contribution is 2.29. The van der Waals surface area contributed by atoms with E-state index in [1.807, 2.05) is 0 Å². The maximum Gasteiger partial charge on any atom is 0.201 e. The second-order valence-electron chi connectivity index (χ2n) is 3.49. The van der Waals surface area contributed by atoms with Crippen LogP contribution in [0.25, 0.3) is 0 Å². The van der Waals surface area contributed by atoms with E-state index in [1.54, 1.807) is 0 Å². The Labute approximate surface area is 110 Å². The molecule has 0 spiro atoms. The van der Waals surface area contributed by atoms with Crippen LogP contribution in [0.2, 0.25) is 0 Å². The molecular weight excluding hydrogens is 306 g/mol. The quantitative estimate of drug-likeness (QED) is 0.623. The van der Waals surface area contributed by atoms with Crippen LogP contribution in [0.1, 0.15) is 10.4 Å². The third-order valence-electron chi connectivity index (χ3n) is 2.20. The fourth-order valence-corrected chi connectivity index (χ4v) is 1.76. The van der Waals surface area contributed by atoms with E-state index in [1.165, 1.54) is 30.3 Å². The van der Waals surface area contributed by atoms with Crippen LogP contribution < -0.4 is 4.74 Å². The highest BCUT2D eigenvalue weighted by atomic mass is 79.9. The first kappa shape index (κ1) is 12.7. The summed E-state index contributed by atoms with van der Waals surface area (Å²) in [5.41, 5.74) is 0.475. The number of rotatable bonds is 3. The maximum absolute atomic E-state index is 13.4. The van der Waals surface area contributed by atoms with Crippen LogP contribution in [-0.2, 0) is 0 Å². The van der Waals surface area contributed by atoms with Gasteiger partial charge in [-0.2, -0.15) is 4.39 Å². The predicted molar refractivity (Wildman–Crippen MR) is 66.0 cm³/mol. The molecule has 2 aromatic rings. The molecule has 0 aliphatic heterocycles. The number of hydrogen-bond acceptors (Lipinski definition) is 2. The summed E-state index contributed by atoms with van der Waals surface area (Å²) in [6, 6.07) is 8.39. The topological polar surface area (TPSA) is 26.3 Å². The van der Waals surface area contributed by atoms with Gasteiger partial charge >= 0.3 is 0 Å². The van der Waals surface area contributed by atoms with Gasteiger partial charge in [-0.3, -0.25) is 4.79 Å². The Morgan fingerprint density at radius 2 is 1.78 bits per heavy atom. The van der Waals surface area contributed by atoms with Crippen LogP contribution in [0.3, 0.4) is 0 Å². The third-order valence-corrected chi connectivity index (χ3v) is 2.66. The molecule has 0 unspecified atom stereocenters. The Kier molecular flexibility index (Phi) is 3.72. The lowest BCUT2D eigenvalue weighted by Crippen LogP contribution is -1.92. The molecule has 0 aliphatic rings. The van der Waals surface area contributed by atoms with Gasteiger partial charge in [0.25, 0.3) is 0 Å². The molecule has 2 aromatic carbocycles. The van der Waals surface area contributed by atoms with Gasteiger partial charge in [0, 0.05) is 10.0 Å². The summed E-state index contributed by atoms with van der Waals surface area (Å²) in [6.45, 7) is 0. The molecule has 5 heteroatoms. The molecule has 0 amide bonds. The lowest BCUT2D eigenvalue weighted by Gasteiger charge is -2.07. The number of aldehydes is 1. The van der Waals surface area contributed by atoms with E-state index >= 15 is 0 Å². The smallest absolute Gasteiger partial charge is 0.201 e. The van der Waals surface area contributed by atoms with Gasteiger partial charge in [0.1, 0.15) is 12.0 Å². The van der Waals surface area contributed by atoms with Crippen LogP contribution in [0, 0.1) is 11.6 Å². The lowest BCUT2D eigenvalue weighted by molar-refractivity contribution is 0.112. The van der Waals surface area contributed by atoms with E-state index in [2.05, 4.69) is 15.9 Å². The second-order valence-corrected chi connectivity index (χ2v) is 4.40. The fraction of sp³-hybridized carbons (Fsp3) is 0. The standard InChI is InChI=1S/C13H7BrF2O2/c14-9-5-11(15)13(16)12(6-9)18-10-3-1-8(7-17)2-4-10/h1-7H. The van der Waals surface area contributed by atoms with Crippen molar-refractivity contribution in [3.63, 3.8) is 0 Å². The average molecular weight is 313 g/mol. The summed E-state index contributed by atoms with van der Waals surface area (Å²) in [4.78, 5) is 10.5. The van der Waals surface area contributed by atoms with Crippen molar-refractivity contribution in [3.8, 4) is 11.5 Å². The minimum Gasteiger partial charge on any atom is -0.454 e. The van der Waals surface area contributed by atoms with E-state index in [0.717, 1.165) is 6.07 Å². The first-order valence-corrected chi connectivity index (χ1v) is 5.77. The fourth-order valence-electron chi connectivity index (χ4n) is 1.35. The lowest BCUT2D eigenvalue weighted by atomic mass is 10.2. The molecule has 0 saturated heterocycles. The number of benzene rings is 2. The van der Waals surface area contributed by atoms with Crippen LogP contribution >= 0.6 is 15.9 Å². The normalized spacial score (nSPS) is 10.2. The number of halogens is 3. The van der Waals surface area contributed by atoms with Gasteiger partial charge in [-0.05, 0) is 36.4 Å². The van der Waals surface area contributed by atoms with Crippen molar-refractivity contribution in [2.24, 2.45) is 0 Å². The molecule has 0 N–H and O–H groups in total. The molecule has 0 heterocycles. The summed E-state index contributed by atoms with van der Waals surface area (Å²) in [5, 5.41) is 0. The largest absolute Gasteiger partial charge is 0.454 e. The molecule has 0 saturated carbocycles. The molecule has 0 aromatic heterocycles. The minimum atomic E-state index is -1.06. The van der Waals surface area contributed by atoms with E-state index in [0.29, 0.717) is 22.1 Å². The van der Waals surface area contributed by atoms with Gasteiger partial charge in [0.15, 0.2) is 11.6 Å². The van der Waals surface area contributed by atoms with Crippen molar-refractivity contribution in [2.75, 3.05) is 0 Å². The third kappa shape index (κ3) is 2.73. The molecular formula is C13H7BrF2O2. The van der Waals surface area contributed by atoms with E-state index in [-0.39, 0.29) is 5.75 Å². The Morgan fingerprint density at radius 1 is 1.11 bits per heavy atom. The summed E-state index contributed by atoms with van der Waals surface area (Å²) in [5.74, 6) is -1.96. The SMILES string of the molecule is O=Cc1ccc(Oc2cc(Br)cc(F)c2F)cc1. The molecule has 0 bridgehead atoms. The minimum absolute atomic E-state index is 0.222. The van der Waals surface area contributed by atoms with E-state index in [9.17, 15) is 13.6 Å². The summed E-state index contributed by atoms with van der Waals surface area (Å²) >= 11 is 3.05. The van der Waals surface area contributed by atoms with Gasteiger partial charge in [-0.25, -0.2) is 4.39 Å². The highest BCUT2D eigenvalue weighted by Gasteiger charge is 2.12. The van der Waals surface area contributed by atoms with Gasteiger partial charge in [-0.1, -0.05) is 15.9 Å². The summed E-state index contributed by atoms with van der Waals surface area (Å²) < 4.78 is 32.2. The summed E-state index contributed by atoms with van der Waals surface area (Å²) in [6.07, 6.45) is 0.684. The maximum atomic E-state index is 13.4. The van der Waals surface area contributed by atoms with Crippen molar-refractivity contribution in [2.45, 2.75) is 0 Å². The Bertz CT molecular complexity index is 582. The van der Waals surface area contributed by atoms with Crippen molar-refractivity contribution in [3.05, 3.63) is 58.1 Å². The first-order chi connectivity index (χ1) is 8.60. The van der Waals surface area contributed by atoms with E-state index < -0.39 is 11.6 Å². The molecule has 18 heavy (non-hydrogen) atoms. The van der Waals surface area contributed by atoms with Crippen molar-refractivity contribution in [1.82, 2.24) is 0 Å². The van der Waals surface area contributed by atoms with Crippen molar-refractivity contribution in [1.29, 1.82) is 0 Å². The number of ether oxygens (including phenoxy) is 1. The second kappa shape index (κ2) is 5.27. The molecule has 0 radical (unpaired) electrons. The number of carbonyl (C=O) groups excluding carboxylic acids is 1. The van der Waals surface area contributed by atoms with Crippen molar-refractivity contribution < 1.29 is 18.3 Å². The Balaban J connectivity index is 2.30. The molecule has 92 valence electrons. The Hall–Kier alpha value is -1.75. The average Bonchev–Trinajstić information content (AvgIpc) is 2.36. The number of carbonyl (C=O) groups is 1. The zero-order chi connectivity index (χ0) is 13.1. The van der Waals surface area contributed by atoms with Gasteiger partial charge < -0.3 is 4.74 Å². The van der Waals surface area contributed by atoms with Crippen LogP contribution in [0.5, 0.6) is 11.5 Å². The van der Waals surface area contributed by atoms with Gasteiger partial charge in [0.2, 0.25) is 5.82 Å². The zero-order valence-electron chi connectivity index (χ0n) is 8.99. The monoisotopic (exact) mass is 312 g/mol. The summed E-state index contributed by atoms with van der Waals surface area (Å²) in [7, 11) is 0. The highest BCUT2D eigenvalue weighted by molar-refractivity contribution is 9.10. The van der Waals surface area contributed by atoms with Crippen molar-refractivity contribution >= 4 is 22.2 Å². The Morgan fingerprint density at radius 3 is 2.39 bits per heavy atom. The molecule has 2 nitrogen and oxygen atoms in total. The molecule has 0 fully saturated rings. The predicted octanol–water partition coefficient (Wildman–Crippen LogP) is 4.33. The molecule has 0 atom stereocenters. The first-order valence-electron chi connectivity index (χ1n) is 4.98. The number of hydrogen-bond donors (Lipinski definition) is 0.